The SMILES string of the molecule is C=CCOC(=O)C(C)C(N)=O. The van der Waals surface area contributed by atoms with Gasteiger partial charge < -0.3 is 10.5 Å². The van der Waals surface area contributed by atoms with Gasteiger partial charge in [0, 0.05) is 0 Å². The predicted octanol–water partition coefficient (Wildman–Crippen LogP) is -0.163. The van der Waals surface area contributed by atoms with Crippen molar-refractivity contribution in [3.05, 3.63) is 12.7 Å². The fourth-order valence-corrected chi connectivity index (χ4v) is 0.382. The van der Waals surface area contributed by atoms with Gasteiger partial charge in [-0.1, -0.05) is 12.7 Å². The second-order valence-electron chi connectivity index (χ2n) is 2.04. The number of esters is 1. The zero-order valence-electron chi connectivity index (χ0n) is 6.37. The highest BCUT2D eigenvalue weighted by Crippen LogP contribution is 1.96. The molecule has 0 saturated carbocycles. The Bertz CT molecular complexity index is 177. The van der Waals surface area contributed by atoms with Gasteiger partial charge in [-0.15, -0.1) is 0 Å². The molecule has 0 rings (SSSR count). The summed E-state index contributed by atoms with van der Waals surface area (Å²) in [4.78, 5) is 21.2. The van der Waals surface area contributed by atoms with Gasteiger partial charge in [-0.3, -0.25) is 9.59 Å². The molecule has 0 fully saturated rings. The van der Waals surface area contributed by atoms with E-state index in [1.54, 1.807) is 0 Å². The third-order valence-electron chi connectivity index (χ3n) is 1.12. The minimum atomic E-state index is -0.880. The number of carbonyl (C=O) groups is 2. The Morgan fingerprint density at radius 2 is 2.27 bits per heavy atom. The van der Waals surface area contributed by atoms with Crippen molar-refractivity contribution in [3.8, 4) is 0 Å². The van der Waals surface area contributed by atoms with Crippen molar-refractivity contribution in [1.29, 1.82) is 0 Å². The smallest absolute Gasteiger partial charge is 0.318 e. The molecule has 0 aromatic rings. The van der Waals surface area contributed by atoms with E-state index in [0.29, 0.717) is 0 Å². The van der Waals surface area contributed by atoms with Gasteiger partial charge in [0.05, 0.1) is 0 Å². The van der Waals surface area contributed by atoms with Gasteiger partial charge >= 0.3 is 5.97 Å². The van der Waals surface area contributed by atoms with Gasteiger partial charge in [0.25, 0.3) is 0 Å². The molecule has 0 saturated heterocycles. The molecule has 1 atom stereocenters. The standard InChI is InChI=1S/C7H11NO3/c1-3-4-11-7(10)5(2)6(8)9/h3,5H,1,4H2,2H3,(H2,8,9). The van der Waals surface area contributed by atoms with Crippen LogP contribution in [0.5, 0.6) is 0 Å². The van der Waals surface area contributed by atoms with Crippen LogP contribution in [-0.4, -0.2) is 18.5 Å². The second-order valence-corrected chi connectivity index (χ2v) is 2.04. The van der Waals surface area contributed by atoms with Crippen molar-refractivity contribution in [2.45, 2.75) is 6.92 Å². The van der Waals surface area contributed by atoms with E-state index in [-0.39, 0.29) is 6.61 Å². The second kappa shape index (κ2) is 4.49. The lowest BCUT2D eigenvalue weighted by molar-refractivity contribution is -0.149. The van der Waals surface area contributed by atoms with Crippen LogP contribution in [0, 0.1) is 5.92 Å². The van der Waals surface area contributed by atoms with E-state index in [1.165, 1.54) is 13.0 Å². The zero-order chi connectivity index (χ0) is 8.85. The zero-order valence-corrected chi connectivity index (χ0v) is 6.37. The first-order valence-corrected chi connectivity index (χ1v) is 3.16. The molecule has 0 aliphatic rings. The van der Waals surface area contributed by atoms with Crippen LogP contribution in [0.15, 0.2) is 12.7 Å². The number of carbonyl (C=O) groups excluding carboxylic acids is 2. The fraction of sp³-hybridized carbons (Fsp3) is 0.429. The lowest BCUT2D eigenvalue weighted by atomic mass is 10.2. The summed E-state index contributed by atoms with van der Waals surface area (Å²) in [6.07, 6.45) is 1.42. The van der Waals surface area contributed by atoms with Crippen LogP contribution in [0.1, 0.15) is 6.92 Å². The lowest BCUT2D eigenvalue weighted by Gasteiger charge is -2.05. The Labute approximate surface area is 65.0 Å². The molecule has 62 valence electrons. The average molecular weight is 157 g/mol. The molecule has 0 spiro atoms. The van der Waals surface area contributed by atoms with Crippen LogP contribution in [0.3, 0.4) is 0 Å². The van der Waals surface area contributed by atoms with Crippen molar-refractivity contribution < 1.29 is 14.3 Å². The first-order valence-electron chi connectivity index (χ1n) is 3.16. The maximum atomic E-state index is 10.8. The molecule has 1 unspecified atom stereocenters. The van der Waals surface area contributed by atoms with E-state index in [1.807, 2.05) is 0 Å². The van der Waals surface area contributed by atoms with Crippen LogP contribution in [0.2, 0.25) is 0 Å². The van der Waals surface area contributed by atoms with Crippen molar-refractivity contribution in [3.63, 3.8) is 0 Å². The Morgan fingerprint density at radius 1 is 1.73 bits per heavy atom. The van der Waals surface area contributed by atoms with E-state index in [0.717, 1.165) is 0 Å². The first-order chi connectivity index (χ1) is 5.09. The number of amides is 1. The van der Waals surface area contributed by atoms with Crippen molar-refractivity contribution >= 4 is 11.9 Å². The molecule has 0 aromatic carbocycles. The van der Waals surface area contributed by atoms with E-state index in [4.69, 9.17) is 5.73 Å². The Morgan fingerprint density at radius 3 is 2.64 bits per heavy atom. The van der Waals surface area contributed by atoms with Gasteiger partial charge in [-0.25, -0.2) is 0 Å². The fourth-order valence-electron chi connectivity index (χ4n) is 0.382. The minimum Gasteiger partial charge on any atom is -0.461 e. The van der Waals surface area contributed by atoms with Gasteiger partial charge in [-0.2, -0.15) is 0 Å². The normalized spacial score (nSPS) is 11.7. The molecule has 0 aliphatic heterocycles. The predicted molar refractivity (Wildman–Crippen MR) is 39.5 cm³/mol. The van der Waals surface area contributed by atoms with E-state index in [2.05, 4.69) is 11.3 Å². The Balaban J connectivity index is 3.82. The molecular formula is C7H11NO3. The monoisotopic (exact) mass is 157 g/mol. The number of rotatable bonds is 4. The van der Waals surface area contributed by atoms with Crippen molar-refractivity contribution in [1.82, 2.24) is 0 Å². The van der Waals surface area contributed by atoms with Gasteiger partial charge in [0.2, 0.25) is 5.91 Å². The minimum absolute atomic E-state index is 0.108. The van der Waals surface area contributed by atoms with E-state index < -0.39 is 17.8 Å². The molecule has 0 aromatic heterocycles. The van der Waals surface area contributed by atoms with Gasteiger partial charge in [-0.05, 0) is 6.92 Å². The molecule has 1 amide bonds. The Hall–Kier alpha value is -1.32. The summed E-state index contributed by atoms with van der Waals surface area (Å²) in [5, 5.41) is 0. The van der Waals surface area contributed by atoms with Crippen LogP contribution >= 0.6 is 0 Å². The molecule has 2 N–H and O–H groups in total. The van der Waals surface area contributed by atoms with Crippen LogP contribution < -0.4 is 5.73 Å². The Kier molecular flexibility index (Phi) is 3.95. The summed E-state index contributed by atoms with van der Waals surface area (Å²) in [6.45, 7) is 4.85. The van der Waals surface area contributed by atoms with Crippen molar-refractivity contribution in [2.24, 2.45) is 11.7 Å². The molecule has 0 radical (unpaired) electrons. The van der Waals surface area contributed by atoms with Crippen molar-refractivity contribution in [2.75, 3.05) is 6.61 Å². The quantitative estimate of drug-likeness (QED) is 0.350. The third kappa shape index (κ3) is 3.40. The topological polar surface area (TPSA) is 69.4 Å². The largest absolute Gasteiger partial charge is 0.461 e. The number of hydrogen-bond donors (Lipinski definition) is 1. The maximum Gasteiger partial charge on any atom is 0.318 e. The number of hydrogen-bond acceptors (Lipinski definition) is 3. The summed E-state index contributed by atoms with van der Waals surface area (Å²) in [7, 11) is 0. The van der Waals surface area contributed by atoms with E-state index >= 15 is 0 Å². The summed E-state index contributed by atoms with van der Waals surface area (Å²) < 4.78 is 4.56. The highest BCUT2D eigenvalue weighted by Gasteiger charge is 2.19. The number of primary amides is 1. The van der Waals surface area contributed by atoms with Crippen LogP contribution in [0.4, 0.5) is 0 Å². The summed E-state index contributed by atoms with van der Waals surface area (Å²) in [5.74, 6) is -2.17. The molecule has 0 heterocycles. The van der Waals surface area contributed by atoms with Crippen LogP contribution in [0.25, 0.3) is 0 Å². The van der Waals surface area contributed by atoms with Gasteiger partial charge in [0.1, 0.15) is 12.5 Å². The summed E-state index contributed by atoms with van der Waals surface area (Å²) in [5.41, 5.74) is 4.84. The molecule has 4 heteroatoms. The first kappa shape index (κ1) is 9.68. The van der Waals surface area contributed by atoms with Crippen LogP contribution in [-0.2, 0) is 14.3 Å². The lowest BCUT2D eigenvalue weighted by Crippen LogP contribution is -2.29. The maximum absolute atomic E-state index is 10.8. The highest BCUT2D eigenvalue weighted by atomic mass is 16.5. The number of nitrogens with two attached hydrogens (primary N) is 1. The van der Waals surface area contributed by atoms with E-state index in [9.17, 15) is 9.59 Å². The number of ether oxygens (including phenoxy) is 1. The third-order valence-corrected chi connectivity index (χ3v) is 1.12. The summed E-state index contributed by atoms with van der Waals surface area (Å²) >= 11 is 0. The summed E-state index contributed by atoms with van der Waals surface area (Å²) in [6, 6.07) is 0. The van der Waals surface area contributed by atoms with Gasteiger partial charge in [0.15, 0.2) is 0 Å². The molecule has 0 bridgehead atoms. The molecule has 11 heavy (non-hydrogen) atoms. The molecule has 4 nitrogen and oxygen atoms in total. The molecule has 0 aliphatic carbocycles. The average Bonchev–Trinajstić information content (AvgIpc) is 1.98. The highest BCUT2D eigenvalue weighted by molar-refractivity contribution is 5.96. The molecular weight excluding hydrogens is 146 g/mol.